The number of hydrogen-bond donors (Lipinski definition) is 1. The minimum Gasteiger partial charge on any atom is -0.493 e. The predicted octanol–water partition coefficient (Wildman–Crippen LogP) is 3.12. The minimum absolute atomic E-state index is 0.0585. The van der Waals surface area contributed by atoms with Crippen LogP contribution in [0.3, 0.4) is 0 Å². The molecule has 1 N–H and O–H groups in total. The monoisotopic (exact) mass is 420 g/mol. The first kappa shape index (κ1) is 22.5. The number of anilines is 1. The Morgan fingerprint density at radius 3 is 2.24 bits per heavy atom. The number of hydrogen-bond acceptors (Lipinski definition) is 5. The number of carbonyl (C=O) groups is 1. The zero-order valence-corrected chi connectivity index (χ0v) is 18.2. The second-order valence-electron chi connectivity index (χ2n) is 6.74. The molecule has 0 aliphatic rings. The van der Waals surface area contributed by atoms with E-state index < -0.39 is 10.0 Å². The van der Waals surface area contributed by atoms with Crippen LogP contribution in [0.5, 0.6) is 11.5 Å². The number of ether oxygens (including phenoxy) is 2. The van der Waals surface area contributed by atoms with Crippen LogP contribution in [0.15, 0.2) is 47.4 Å². The van der Waals surface area contributed by atoms with Crippen LogP contribution in [0.25, 0.3) is 0 Å². The Bertz CT molecular complexity index is 942. The maximum Gasteiger partial charge on any atom is 0.264 e. The molecule has 0 aliphatic carbocycles. The average molecular weight is 421 g/mol. The molecule has 1 atom stereocenters. The number of nitrogens with zero attached hydrogens (tertiary/aromatic N) is 1. The number of aryl methyl sites for hydroxylation is 1. The van der Waals surface area contributed by atoms with E-state index in [1.807, 2.05) is 20.8 Å². The Balaban J connectivity index is 2.51. The van der Waals surface area contributed by atoms with Crippen molar-refractivity contribution in [2.75, 3.05) is 25.1 Å². The van der Waals surface area contributed by atoms with Crippen LogP contribution in [0.4, 0.5) is 5.69 Å². The average Bonchev–Trinajstić information content (AvgIpc) is 2.71. The van der Waals surface area contributed by atoms with E-state index in [4.69, 9.17) is 9.47 Å². The highest BCUT2D eigenvalue weighted by Crippen LogP contribution is 2.33. The summed E-state index contributed by atoms with van der Waals surface area (Å²) in [5, 5.41) is 2.81. The van der Waals surface area contributed by atoms with Gasteiger partial charge >= 0.3 is 0 Å². The van der Waals surface area contributed by atoms with Crippen molar-refractivity contribution in [1.29, 1.82) is 0 Å². The standard InChI is InChI=1S/C21H28N2O5S/c1-6-16(3)22-21(24)14-23(17-9-12-19(27-4)20(13-17)28-5)29(25,26)18-10-7-15(2)8-11-18/h7-13,16H,6,14H2,1-5H3,(H,22,24). The van der Waals surface area contributed by atoms with E-state index >= 15 is 0 Å². The van der Waals surface area contributed by atoms with Gasteiger partial charge in [-0.25, -0.2) is 8.42 Å². The largest absolute Gasteiger partial charge is 0.493 e. The lowest BCUT2D eigenvalue weighted by molar-refractivity contribution is -0.120. The quantitative estimate of drug-likeness (QED) is 0.674. The van der Waals surface area contributed by atoms with Gasteiger partial charge in [0.1, 0.15) is 6.54 Å². The molecule has 0 heterocycles. The highest BCUT2D eigenvalue weighted by Gasteiger charge is 2.28. The molecule has 29 heavy (non-hydrogen) atoms. The van der Waals surface area contributed by atoms with Crippen molar-refractivity contribution in [2.24, 2.45) is 0 Å². The molecular weight excluding hydrogens is 392 g/mol. The zero-order chi connectivity index (χ0) is 21.6. The second kappa shape index (κ2) is 9.65. The fourth-order valence-electron chi connectivity index (χ4n) is 2.69. The van der Waals surface area contributed by atoms with E-state index in [2.05, 4.69) is 5.32 Å². The van der Waals surface area contributed by atoms with Crippen LogP contribution in [0.1, 0.15) is 25.8 Å². The third-order valence-electron chi connectivity index (χ3n) is 4.57. The molecule has 8 heteroatoms. The first-order valence-electron chi connectivity index (χ1n) is 9.33. The molecule has 2 rings (SSSR count). The van der Waals surface area contributed by atoms with Crippen molar-refractivity contribution in [1.82, 2.24) is 5.32 Å². The van der Waals surface area contributed by atoms with Gasteiger partial charge in [-0.15, -0.1) is 0 Å². The molecule has 0 radical (unpaired) electrons. The van der Waals surface area contributed by atoms with Gasteiger partial charge in [0.15, 0.2) is 11.5 Å². The van der Waals surface area contributed by atoms with Gasteiger partial charge in [-0.05, 0) is 44.5 Å². The molecule has 2 aromatic carbocycles. The summed E-state index contributed by atoms with van der Waals surface area (Å²) >= 11 is 0. The predicted molar refractivity (Wildman–Crippen MR) is 113 cm³/mol. The molecule has 1 amide bonds. The van der Waals surface area contributed by atoms with Crippen LogP contribution in [0, 0.1) is 6.92 Å². The summed E-state index contributed by atoms with van der Waals surface area (Å²) < 4.78 is 38.3. The number of carbonyl (C=O) groups excluding carboxylic acids is 1. The molecule has 1 unspecified atom stereocenters. The van der Waals surface area contributed by atoms with Crippen LogP contribution in [-0.4, -0.2) is 41.1 Å². The molecule has 158 valence electrons. The molecule has 0 aliphatic heterocycles. The molecule has 0 bridgehead atoms. The third-order valence-corrected chi connectivity index (χ3v) is 6.36. The van der Waals surface area contributed by atoms with E-state index in [0.717, 1.165) is 16.3 Å². The van der Waals surface area contributed by atoms with Crippen molar-refractivity contribution in [2.45, 2.75) is 38.1 Å². The molecule has 0 saturated heterocycles. The number of sulfonamides is 1. The minimum atomic E-state index is -3.98. The second-order valence-corrected chi connectivity index (χ2v) is 8.60. The molecule has 7 nitrogen and oxygen atoms in total. The number of benzene rings is 2. The van der Waals surface area contributed by atoms with Crippen LogP contribution >= 0.6 is 0 Å². The van der Waals surface area contributed by atoms with Crippen molar-refractivity contribution in [3.05, 3.63) is 48.0 Å². The highest BCUT2D eigenvalue weighted by molar-refractivity contribution is 7.92. The molecule has 0 spiro atoms. The first-order valence-corrected chi connectivity index (χ1v) is 10.8. The summed E-state index contributed by atoms with van der Waals surface area (Å²) in [4.78, 5) is 12.6. The SMILES string of the molecule is CCC(C)NC(=O)CN(c1ccc(OC)c(OC)c1)S(=O)(=O)c1ccc(C)cc1. The van der Waals surface area contributed by atoms with E-state index in [9.17, 15) is 13.2 Å². The summed E-state index contributed by atoms with van der Waals surface area (Å²) in [5.74, 6) is 0.453. The van der Waals surface area contributed by atoms with E-state index in [-0.39, 0.29) is 23.4 Å². The van der Waals surface area contributed by atoms with Gasteiger partial charge in [-0.2, -0.15) is 0 Å². The number of nitrogens with one attached hydrogen (secondary N) is 1. The van der Waals surface area contributed by atoms with Gasteiger partial charge in [0.05, 0.1) is 24.8 Å². The highest BCUT2D eigenvalue weighted by atomic mass is 32.2. The zero-order valence-electron chi connectivity index (χ0n) is 17.4. The van der Waals surface area contributed by atoms with Crippen LogP contribution < -0.4 is 19.1 Å². The molecule has 0 aromatic heterocycles. The Labute approximate surface area is 172 Å². The van der Waals surface area contributed by atoms with Gasteiger partial charge in [-0.1, -0.05) is 24.6 Å². The summed E-state index contributed by atoms with van der Waals surface area (Å²) in [6.45, 7) is 5.34. The molecule has 2 aromatic rings. The number of amides is 1. The first-order chi connectivity index (χ1) is 13.7. The fourth-order valence-corrected chi connectivity index (χ4v) is 4.10. The van der Waals surface area contributed by atoms with Gasteiger partial charge in [0.25, 0.3) is 10.0 Å². The maximum absolute atomic E-state index is 13.4. The van der Waals surface area contributed by atoms with Gasteiger partial charge in [0, 0.05) is 12.1 Å². The van der Waals surface area contributed by atoms with Gasteiger partial charge in [-0.3, -0.25) is 9.10 Å². The number of rotatable bonds is 9. The maximum atomic E-state index is 13.4. The smallest absolute Gasteiger partial charge is 0.264 e. The normalized spacial score (nSPS) is 12.2. The lowest BCUT2D eigenvalue weighted by Gasteiger charge is -2.25. The summed E-state index contributed by atoms with van der Waals surface area (Å²) in [6.07, 6.45) is 0.743. The summed E-state index contributed by atoms with van der Waals surface area (Å²) in [5.41, 5.74) is 1.25. The number of methoxy groups -OCH3 is 2. The van der Waals surface area contributed by atoms with Crippen LogP contribution in [0.2, 0.25) is 0 Å². The topological polar surface area (TPSA) is 84.9 Å². The lowest BCUT2D eigenvalue weighted by atomic mass is 10.2. The van der Waals surface area contributed by atoms with Crippen molar-refractivity contribution < 1.29 is 22.7 Å². The third kappa shape index (κ3) is 5.41. The fraction of sp³-hybridized carbons (Fsp3) is 0.381. The van der Waals surface area contributed by atoms with Crippen molar-refractivity contribution in [3.63, 3.8) is 0 Å². The molecule has 0 fully saturated rings. The van der Waals surface area contributed by atoms with E-state index in [0.29, 0.717) is 17.2 Å². The Kier molecular flexibility index (Phi) is 7.50. The Morgan fingerprint density at radius 2 is 1.69 bits per heavy atom. The Morgan fingerprint density at radius 1 is 1.07 bits per heavy atom. The van der Waals surface area contributed by atoms with E-state index in [1.165, 1.54) is 26.4 Å². The molecular formula is C21H28N2O5S. The lowest BCUT2D eigenvalue weighted by Crippen LogP contribution is -2.43. The van der Waals surface area contributed by atoms with Crippen molar-refractivity contribution in [3.8, 4) is 11.5 Å². The summed E-state index contributed by atoms with van der Waals surface area (Å²) in [6, 6.07) is 11.2. The van der Waals surface area contributed by atoms with Gasteiger partial charge in [0.2, 0.25) is 5.91 Å². The van der Waals surface area contributed by atoms with Crippen molar-refractivity contribution >= 4 is 21.6 Å². The van der Waals surface area contributed by atoms with Gasteiger partial charge < -0.3 is 14.8 Å². The van der Waals surface area contributed by atoms with Crippen LogP contribution in [-0.2, 0) is 14.8 Å². The summed E-state index contributed by atoms with van der Waals surface area (Å²) in [7, 11) is -1.01. The Hall–Kier alpha value is -2.74. The molecule has 0 saturated carbocycles. The van der Waals surface area contributed by atoms with E-state index in [1.54, 1.807) is 30.3 Å².